The van der Waals surface area contributed by atoms with Crippen LogP contribution in [0.15, 0.2) is 18.2 Å². The predicted octanol–water partition coefficient (Wildman–Crippen LogP) is 1.11. The summed E-state index contributed by atoms with van der Waals surface area (Å²) in [5, 5.41) is 18.9. The van der Waals surface area contributed by atoms with E-state index in [0.29, 0.717) is 6.79 Å². The van der Waals surface area contributed by atoms with Gasteiger partial charge in [-0.1, -0.05) is 6.07 Å². The number of likely N-dealkylation sites (N-methyl/N-ethyl adjacent to an activating group) is 1. The first-order chi connectivity index (χ1) is 10.0. The van der Waals surface area contributed by atoms with Gasteiger partial charge in [0.1, 0.15) is 0 Å². The number of fused-ring (bicyclic) bond motifs is 1. The number of ether oxygens (including phenoxy) is 2. The molecule has 0 unspecified atom stereocenters. The molecule has 1 heterocycles. The first-order valence-electron chi connectivity index (χ1n) is 6.49. The van der Waals surface area contributed by atoms with E-state index in [4.69, 9.17) is 19.7 Å². The number of rotatable bonds is 6. The van der Waals surface area contributed by atoms with Crippen LogP contribution in [-0.4, -0.2) is 42.5 Å². The van der Waals surface area contributed by atoms with E-state index in [0.717, 1.165) is 24.5 Å². The van der Waals surface area contributed by atoms with Crippen molar-refractivity contribution in [3.05, 3.63) is 23.8 Å². The Morgan fingerprint density at radius 1 is 1.14 bits per heavy atom. The van der Waals surface area contributed by atoms with E-state index in [1.807, 2.05) is 19.2 Å². The zero-order chi connectivity index (χ0) is 15.7. The molecule has 0 fully saturated rings. The Bertz CT molecular complexity index is 474. The third kappa shape index (κ3) is 6.62. The first kappa shape index (κ1) is 16.8. The maximum absolute atomic E-state index is 9.64. The third-order valence-electron chi connectivity index (χ3n) is 2.65. The highest BCUT2D eigenvalue weighted by atomic mass is 16.7. The van der Waals surface area contributed by atoms with Crippen LogP contribution in [0.3, 0.4) is 0 Å². The van der Waals surface area contributed by atoms with Crippen molar-refractivity contribution >= 4 is 11.9 Å². The van der Waals surface area contributed by atoms with Gasteiger partial charge < -0.3 is 25.0 Å². The fraction of sp³-hybridized carbons (Fsp3) is 0.429. The number of carbonyl (C=O) groups is 2. The second-order valence-corrected chi connectivity index (χ2v) is 4.33. The minimum Gasteiger partial charge on any atom is -0.481 e. The van der Waals surface area contributed by atoms with E-state index in [1.54, 1.807) is 0 Å². The number of nitrogens with one attached hydrogen (secondary N) is 1. The molecule has 0 saturated heterocycles. The molecule has 1 aromatic rings. The molecule has 0 spiro atoms. The summed E-state index contributed by atoms with van der Waals surface area (Å²) in [6.45, 7) is 1.34. The summed E-state index contributed by atoms with van der Waals surface area (Å²) in [4.78, 5) is 19.3. The number of hydrogen-bond donors (Lipinski definition) is 3. The van der Waals surface area contributed by atoms with Crippen molar-refractivity contribution < 1.29 is 29.3 Å². The molecule has 0 bridgehead atoms. The van der Waals surface area contributed by atoms with Crippen LogP contribution < -0.4 is 14.8 Å². The van der Waals surface area contributed by atoms with Crippen molar-refractivity contribution in [3.8, 4) is 11.5 Å². The zero-order valence-corrected chi connectivity index (χ0v) is 11.8. The van der Waals surface area contributed by atoms with Crippen LogP contribution in [-0.2, 0) is 16.0 Å². The smallest absolute Gasteiger partial charge is 0.303 e. The van der Waals surface area contributed by atoms with Gasteiger partial charge >= 0.3 is 11.9 Å². The lowest BCUT2D eigenvalue weighted by atomic mass is 10.1. The highest BCUT2D eigenvalue weighted by Crippen LogP contribution is 2.32. The van der Waals surface area contributed by atoms with E-state index in [1.165, 1.54) is 5.56 Å². The minimum absolute atomic E-state index is 0.296. The van der Waals surface area contributed by atoms with Crippen LogP contribution in [0.2, 0.25) is 0 Å². The number of carboxylic acids is 2. The van der Waals surface area contributed by atoms with Crippen molar-refractivity contribution in [2.45, 2.75) is 19.3 Å². The molecule has 7 nitrogen and oxygen atoms in total. The molecule has 0 aromatic heterocycles. The third-order valence-corrected chi connectivity index (χ3v) is 2.65. The van der Waals surface area contributed by atoms with Gasteiger partial charge in [0.25, 0.3) is 0 Å². The summed E-state index contributed by atoms with van der Waals surface area (Å²) in [6, 6.07) is 6.08. The van der Waals surface area contributed by atoms with Crippen molar-refractivity contribution in [2.24, 2.45) is 0 Å². The topological polar surface area (TPSA) is 105 Å². The zero-order valence-electron chi connectivity index (χ0n) is 11.8. The summed E-state index contributed by atoms with van der Waals surface area (Å²) in [5.41, 5.74) is 1.28. The number of aliphatic carboxylic acids is 2. The molecule has 1 aliphatic heterocycles. The molecule has 116 valence electrons. The van der Waals surface area contributed by atoms with Crippen molar-refractivity contribution in [1.29, 1.82) is 0 Å². The van der Waals surface area contributed by atoms with Crippen LogP contribution in [0, 0.1) is 0 Å². The number of benzene rings is 1. The molecule has 1 aromatic carbocycles. The lowest BCUT2D eigenvalue weighted by molar-refractivity contribution is -0.143. The second-order valence-electron chi connectivity index (χ2n) is 4.33. The fourth-order valence-electron chi connectivity index (χ4n) is 1.58. The molecule has 0 radical (unpaired) electrons. The molecule has 3 N–H and O–H groups in total. The van der Waals surface area contributed by atoms with Gasteiger partial charge in [0, 0.05) is 0 Å². The fourth-order valence-corrected chi connectivity index (χ4v) is 1.58. The summed E-state index contributed by atoms with van der Waals surface area (Å²) in [7, 11) is 1.95. The minimum atomic E-state index is -1.08. The van der Waals surface area contributed by atoms with Gasteiger partial charge in [-0.25, -0.2) is 0 Å². The Morgan fingerprint density at radius 2 is 1.76 bits per heavy atom. The number of hydrogen-bond acceptors (Lipinski definition) is 5. The normalized spacial score (nSPS) is 11.5. The van der Waals surface area contributed by atoms with Crippen molar-refractivity contribution in [1.82, 2.24) is 5.32 Å². The van der Waals surface area contributed by atoms with E-state index < -0.39 is 11.9 Å². The second kappa shape index (κ2) is 8.80. The Kier molecular flexibility index (Phi) is 7.03. The summed E-state index contributed by atoms with van der Waals surface area (Å²) < 4.78 is 10.5. The number of carboxylic acid groups (broad SMARTS) is 2. The van der Waals surface area contributed by atoms with Gasteiger partial charge in [-0.2, -0.15) is 0 Å². The van der Waals surface area contributed by atoms with Crippen LogP contribution >= 0.6 is 0 Å². The molecule has 1 aliphatic rings. The summed E-state index contributed by atoms with van der Waals surface area (Å²) in [5.74, 6) is -0.429. The lowest BCUT2D eigenvalue weighted by Gasteiger charge is -2.01. The molecular formula is C14H19NO6. The molecule has 2 rings (SSSR count). The standard InChI is InChI=1S/C10H13NO2.C4H6O4/c1-11-5-4-8-2-3-9-10(6-8)13-7-12-9;5-3(6)1-2-4(7)8/h2-3,6,11H,4-5,7H2,1H3;1-2H2,(H,5,6)(H,7,8). The van der Waals surface area contributed by atoms with Gasteiger partial charge in [0.2, 0.25) is 6.79 Å². The Hall–Kier alpha value is -2.28. The van der Waals surface area contributed by atoms with Crippen LogP contribution in [0.5, 0.6) is 11.5 Å². The monoisotopic (exact) mass is 297 g/mol. The molecule has 0 atom stereocenters. The summed E-state index contributed by atoms with van der Waals surface area (Å²) in [6.07, 6.45) is 0.428. The average Bonchev–Trinajstić information content (AvgIpc) is 2.91. The maximum atomic E-state index is 9.64. The highest BCUT2D eigenvalue weighted by molar-refractivity contribution is 5.75. The Balaban J connectivity index is 0.000000240. The van der Waals surface area contributed by atoms with E-state index in [9.17, 15) is 9.59 Å². The van der Waals surface area contributed by atoms with E-state index in [-0.39, 0.29) is 12.8 Å². The molecule has 0 aliphatic carbocycles. The van der Waals surface area contributed by atoms with Gasteiger partial charge in [-0.05, 0) is 37.7 Å². The molecular weight excluding hydrogens is 278 g/mol. The van der Waals surface area contributed by atoms with Gasteiger partial charge in [-0.3, -0.25) is 9.59 Å². The SMILES string of the molecule is CNCCc1ccc2c(c1)OCO2.O=C(O)CCC(=O)O. The average molecular weight is 297 g/mol. The van der Waals surface area contributed by atoms with Gasteiger partial charge in [0.05, 0.1) is 12.8 Å². The van der Waals surface area contributed by atoms with Crippen LogP contribution in [0.4, 0.5) is 0 Å². The van der Waals surface area contributed by atoms with Crippen molar-refractivity contribution in [3.63, 3.8) is 0 Å². The summed E-state index contributed by atoms with van der Waals surface area (Å²) >= 11 is 0. The molecule has 0 amide bonds. The van der Waals surface area contributed by atoms with Crippen LogP contribution in [0.25, 0.3) is 0 Å². The largest absolute Gasteiger partial charge is 0.481 e. The quantitative estimate of drug-likeness (QED) is 0.722. The lowest BCUT2D eigenvalue weighted by Crippen LogP contribution is -2.10. The predicted molar refractivity (Wildman–Crippen MR) is 74.7 cm³/mol. The maximum Gasteiger partial charge on any atom is 0.303 e. The van der Waals surface area contributed by atoms with Crippen LogP contribution in [0.1, 0.15) is 18.4 Å². The van der Waals surface area contributed by atoms with E-state index >= 15 is 0 Å². The first-order valence-corrected chi connectivity index (χ1v) is 6.49. The van der Waals surface area contributed by atoms with Gasteiger partial charge in [0.15, 0.2) is 11.5 Å². The Morgan fingerprint density at radius 3 is 2.33 bits per heavy atom. The van der Waals surface area contributed by atoms with Crippen molar-refractivity contribution in [2.75, 3.05) is 20.4 Å². The molecule has 0 saturated carbocycles. The van der Waals surface area contributed by atoms with E-state index in [2.05, 4.69) is 11.4 Å². The molecule has 21 heavy (non-hydrogen) atoms. The Labute approximate surface area is 122 Å². The highest BCUT2D eigenvalue weighted by Gasteiger charge is 2.12. The molecule has 7 heteroatoms. The van der Waals surface area contributed by atoms with Gasteiger partial charge in [-0.15, -0.1) is 0 Å².